The molecular formula is C5H10BrO2P. The van der Waals surface area contributed by atoms with Crippen LogP contribution < -0.4 is 0 Å². The van der Waals surface area contributed by atoms with E-state index in [1.807, 2.05) is 0 Å². The van der Waals surface area contributed by atoms with Crippen LogP contribution in [0.4, 0.5) is 0 Å². The van der Waals surface area contributed by atoms with Crippen molar-refractivity contribution in [2.24, 2.45) is 5.41 Å². The van der Waals surface area contributed by atoms with E-state index in [1.165, 1.54) is 0 Å². The number of halogens is 1. The highest BCUT2D eigenvalue weighted by Crippen LogP contribution is 2.51. The molecule has 0 aliphatic carbocycles. The Hall–Kier alpha value is 0.830. The van der Waals surface area contributed by atoms with Gasteiger partial charge in [0, 0.05) is 20.9 Å². The molecule has 1 saturated heterocycles. The van der Waals surface area contributed by atoms with E-state index in [2.05, 4.69) is 29.3 Å². The van der Waals surface area contributed by atoms with E-state index < -0.39 is 7.08 Å². The van der Waals surface area contributed by atoms with Gasteiger partial charge in [0.1, 0.15) is 0 Å². The van der Waals surface area contributed by atoms with Crippen LogP contribution in [0.15, 0.2) is 0 Å². The molecule has 9 heavy (non-hydrogen) atoms. The van der Waals surface area contributed by atoms with E-state index in [1.54, 1.807) is 0 Å². The molecule has 1 aliphatic rings. The first kappa shape index (κ1) is 7.93. The van der Waals surface area contributed by atoms with Crippen molar-refractivity contribution in [1.82, 2.24) is 0 Å². The minimum atomic E-state index is -0.738. The molecule has 0 atom stereocenters. The highest BCUT2D eigenvalue weighted by atomic mass is 79.9. The molecule has 0 aromatic heterocycles. The van der Waals surface area contributed by atoms with Gasteiger partial charge in [-0.3, -0.25) is 0 Å². The first-order chi connectivity index (χ1) is 4.10. The van der Waals surface area contributed by atoms with Crippen LogP contribution >= 0.6 is 22.6 Å². The molecule has 1 heterocycles. The summed E-state index contributed by atoms with van der Waals surface area (Å²) in [7, 11) is -0.738. The molecule has 1 rings (SSSR count). The number of rotatable bonds is 0. The van der Waals surface area contributed by atoms with E-state index in [4.69, 9.17) is 9.05 Å². The zero-order valence-electron chi connectivity index (χ0n) is 5.56. The van der Waals surface area contributed by atoms with Crippen molar-refractivity contribution in [3.63, 3.8) is 0 Å². The second-order valence-corrected chi connectivity index (χ2v) is 5.60. The maximum atomic E-state index is 5.25. The normalized spacial score (nSPS) is 28.3. The third-order valence-corrected chi connectivity index (χ3v) is 3.01. The summed E-state index contributed by atoms with van der Waals surface area (Å²) in [5, 5.41) is 0. The van der Waals surface area contributed by atoms with Gasteiger partial charge in [0.2, 0.25) is 7.08 Å². The quantitative estimate of drug-likeness (QED) is 0.576. The van der Waals surface area contributed by atoms with Crippen molar-refractivity contribution in [2.75, 3.05) is 13.2 Å². The van der Waals surface area contributed by atoms with Gasteiger partial charge in [0.15, 0.2) is 0 Å². The van der Waals surface area contributed by atoms with Gasteiger partial charge in [-0.15, -0.1) is 0 Å². The van der Waals surface area contributed by atoms with Crippen LogP contribution in [-0.2, 0) is 9.05 Å². The van der Waals surface area contributed by atoms with Gasteiger partial charge in [-0.05, 0) is 0 Å². The van der Waals surface area contributed by atoms with Crippen molar-refractivity contribution >= 4 is 22.6 Å². The van der Waals surface area contributed by atoms with Crippen LogP contribution in [0.2, 0.25) is 0 Å². The van der Waals surface area contributed by atoms with Crippen LogP contribution in [-0.4, -0.2) is 13.2 Å². The summed E-state index contributed by atoms with van der Waals surface area (Å²) in [6, 6.07) is 0. The summed E-state index contributed by atoms with van der Waals surface area (Å²) >= 11 is 3.26. The van der Waals surface area contributed by atoms with Gasteiger partial charge in [0.25, 0.3) is 0 Å². The average molecular weight is 213 g/mol. The van der Waals surface area contributed by atoms with Crippen LogP contribution in [0, 0.1) is 5.41 Å². The Bertz CT molecular complexity index is 97.1. The average Bonchev–Trinajstić information content (AvgIpc) is 1.78. The Balaban J connectivity index is 2.35. The molecule has 0 bridgehead atoms. The molecule has 1 aliphatic heterocycles. The Morgan fingerprint density at radius 3 is 2.11 bits per heavy atom. The fourth-order valence-electron chi connectivity index (χ4n) is 0.530. The molecule has 0 N–H and O–H groups in total. The molecule has 0 aromatic rings. The molecule has 1 fully saturated rings. The van der Waals surface area contributed by atoms with E-state index in [9.17, 15) is 0 Å². The minimum absolute atomic E-state index is 0.201. The van der Waals surface area contributed by atoms with E-state index in [-0.39, 0.29) is 5.41 Å². The molecule has 54 valence electrons. The Morgan fingerprint density at radius 2 is 1.78 bits per heavy atom. The van der Waals surface area contributed by atoms with Gasteiger partial charge < -0.3 is 9.05 Å². The summed E-state index contributed by atoms with van der Waals surface area (Å²) in [5.41, 5.74) is 0.201. The SMILES string of the molecule is CC1(C)COP(Br)OC1. The lowest BCUT2D eigenvalue weighted by Gasteiger charge is -2.30. The molecule has 0 saturated carbocycles. The van der Waals surface area contributed by atoms with Crippen LogP contribution in [0.5, 0.6) is 0 Å². The lowest BCUT2D eigenvalue weighted by atomic mass is 9.97. The van der Waals surface area contributed by atoms with Crippen molar-refractivity contribution in [3.8, 4) is 0 Å². The van der Waals surface area contributed by atoms with E-state index >= 15 is 0 Å². The number of hydrogen-bond donors (Lipinski definition) is 0. The first-order valence-corrected chi connectivity index (χ1v) is 6.01. The predicted octanol–water partition coefficient (Wildman–Crippen LogP) is 2.68. The zero-order chi connectivity index (χ0) is 6.91. The summed E-state index contributed by atoms with van der Waals surface area (Å²) in [5.74, 6) is 0. The van der Waals surface area contributed by atoms with Gasteiger partial charge in [0.05, 0.1) is 13.2 Å². The summed E-state index contributed by atoms with van der Waals surface area (Å²) < 4.78 is 10.5. The van der Waals surface area contributed by atoms with Gasteiger partial charge in [-0.1, -0.05) is 13.8 Å². The Labute approximate surface area is 64.6 Å². The fraction of sp³-hybridized carbons (Fsp3) is 1.00. The van der Waals surface area contributed by atoms with Crippen molar-refractivity contribution in [2.45, 2.75) is 13.8 Å². The first-order valence-electron chi connectivity index (χ1n) is 2.82. The lowest BCUT2D eigenvalue weighted by Crippen LogP contribution is -2.27. The highest BCUT2D eigenvalue weighted by molar-refractivity contribution is 9.38. The van der Waals surface area contributed by atoms with Gasteiger partial charge in [-0.2, -0.15) is 0 Å². The van der Waals surface area contributed by atoms with Gasteiger partial charge in [-0.25, -0.2) is 0 Å². The predicted molar refractivity (Wildman–Crippen MR) is 41.5 cm³/mol. The fourth-order valence-corrected chi connectivity index (χ4v) is 2.12. The Kier molecular flexibility index (Phi) is 2.49. The summed E-state index contributed by atoms with van der Waals surface area (Å²) in [6.07, 6.45) is 0. The van der Waals surface area contributed by atoms with Gasteiger partial charge >= 0.3 is 0 Å². The zero-order valence-corrected chi connectivity index (χ0v) is 8.04. The molecule has 0 amide bonds. The monoisotopic (exact) mass is 212 g/mol. The molecular weight excluding hydrogens is 203 g/mol. The second-order valence-electron chi connectivity index (χ2n) is 2.92. The maximum Gasteiger partial charge on any atom is 0.246 e. The molecule has 0 aromatic carbocycles. The van der Waals surface area contributed by atoms with E-state index in [0.29, 0.717) is 0 Å². The maximum absolute atomic E-state index is 5.25. The molecule has 4 heteroatoms. The van der Waals surface area contributed by atoms with Crippen LogP contribution in [0.1, 0.15) is 13.8 Å². The third kappa shape index (κ3) is 2.50. The van der Waals surface area contributed by atoms with Crippen molar-refractivity contribution in [3.05, 3.63) is 0 Å². The van der Waals surface area contributed by atoms with Crippen LogP contribution in [0.3, 0.4) is 0 Å². The van der Waals surface area contributed by atoms with Crippen molar-refractivity contribution in [1.29, 1.82) is 0 Å². The summed E-state index contributed by atoms with van der Waals surface area (Å²) in [4.78, 5) is 0. The van der Waals surface area contributed by atoms with E-state index in [0.717, 1.165) is 13.2 Å². The molecule has 0 unspecified atom stereocenters. The number of hydrogen-bond acceptors (Lipinski definition) is 2. The molecule has 0 spiro atoms. The van der Waals surface area contributed by atoms with Crippen molar-refractivity contribution < 1.29 is 9.05 Å². The molecule has 2 nitrogen and oxygen atoms in total. The topological polar surface area (TPSA) is 18.5 Å². The van der Waals surface area contributed by atoms with Crippen LogP contribution in [0.25, 0.3) is 0 Å². The lowest BCUT2D eigenvalue weighted by molar-refractivity contribution is 0.0692. The second kappa shape index (κ2) is 2.83. The highest BCUT2D eigenvalue weighted by Gasteiger charge is 2.27. The standard InChI is InChI=1S/C5H10BrO2P/c1-5(2)3-7-9(6)8-4-5/h3-4H2,1-2H3. The smallest absolute Gasteiger partial charge is 0.246 e. The third-order valence-electron chi connectivity index (χ3n) is 1.11. The summed E-state index contributed by atoms with van der Waals surface area (Å²) in [6.45, 7) is 5.85. The Morgan fingerprint density at radius 1 is 1.33 bits per heavy atom. The minimum Gasteiger partial charge on any atom is -0.325 e. The largest absolute Gasteiger partial charge is 0.325 e. The molecule has 0 radical (unpaired) electrons.